The van der Waals surface area contributed by atoms with Gasteiger partial charge in [0.15, 0.2) is 0 Å². The largest absolute Gasteiger partial charge is 0.455 e. The van der Waals surface area contributed by atoms with E-state index in [1.807, 2.05) is 60.7 Å². The van der Waals surface area contributed by atoms with E-state index in [0.717, 1.165) is 28.2 Å². The highest BCUT2D eigenvalue weighted by atomic mass is 16.5. The predicted octanol–water partition coefficient (Wildman–Crippen LogP) is 4.15. The number of hydrogen-bond donors (Lipinski definition) is 0. The molecule has 1 aliphatic heterocycles. The van der Waals surface area contributed by atoms with Gasteiger partial charge < -0.3 is 4.74 Å². The fourth-order valence-electron chi connectivity index (χ4n) is 1.94. The van der Waals surface area contributed by atoms with Crippen LogP contribution in [0.15, 0.2) is 89.9 Å². The van der Waals surface area contributed by atoms with Crippen LogP contribution >= 0.6 is 0 Å². The Bertz CT molecular complexity index is 648. The molecule has 1 heteroatoms. The number of ether oxygens (including phenoxy) is 1. The molecule has 86 valence electrons. The Labute approximate surface area is 106 Å². The molecule has 0 amide bonds. The van der Waals surface area contributed by atoms with Crippen LogP contribution in [0.2, 0.25) is 0 Å². The molecular formula is C17H12O. The van der Waals surface area contributed by atoms with E-state index in [1.165, 1.54) is 0 Å². The molecule has 0 saturated carbocycles. The van der Waals surface area contributed by atoms with E-state index in [0.29, 0.717) is 0 Å². The van der Waals surface area contributed by atoms with Crippen LogP contribution in [0.3, 0.4) is 0 Å². The molecule has 0 radical (unpaired) electrons. The topological polar surface area (TPSA) is 9.23 Å². The van der Waals surface area contributed by atoms with Gasteiger partial charge in [0.2, 0.25) is 0 Å². The van der Waals surface area contributed by atoms with Crippen molar-refractivity contribution in [3.05, 3.63) is 95.5 Å². The van der Waals surface area contributed by atoms with Crippen molar-refractivity contribution >= 4 is 5.76 Å². The monoisotopic (exact) mass is 232 g/mol. The van der Waals surface area contributed by atoms with Crippen molar-refractivity contribution < 1.29 is 4.74 Å². The molecule has 0 fully saturated rings. The van der Waals surface area contributed by atoms with Crippen molar-refractivity contribution in [1.29, 1.82) is 0 Å². The first-order valence-electron chi connectivity index (χ1n) is 5.82. The second-order valence-electron chi connectivity index (χ2n) is 4.12. The van der Waals surface area contributed by atoms with Crippen molar-refractivity contribution in [3.63, 3.8) is 0 Å². The van der Waals surface area contributed by atoms with Crippen molar-refractivity contribution in [1.82, 2.24) is 0 Å². The highest BCUT2D eigenvalue weighted by Gasteiger charge is 2.13. The maximum absolute atomic E-state index is 5.95. The quantitative estimate of drug-likeness (QED) is 0.661. The summed E-state index contributed by atoms with van der Waals surface area (Å²) in [4.78, 5) is 0. The molecule has 0 atom stereocenters. The van der Waals surface area contributed by atoms with Crippen LogP contribution in [-0.4, -0.2) is 0 Å². The van der Waals surface area contributed by atoms with Crippen LogP contribution in [0.5, 0.6) is 0 Å². The van der Waals surface area contributed by atoms with Gasteiger partial charge in [-0.05, 0) is 17.7 Å². The minimum absolute atomic E-state index is 0.805. The number of rotatable bonds is 1. The highest BCUT2D eigenvalue weighted by molar-refractivity contribution is 5.66. The maximum Gasteiger partial charge on any atom is 0.143 e. The first-order chi connectivity index (χ1) is 8.84. The molecule has 0 saturated heterocycles. The summed E-state index contributed by atoms with van der Waals surface area (Å²) in [6, 6.07) is 10.1. The lowest BCUT2D eigenvalue weighted by Gasteiger charge is -2.14. The first kappa shape index (κ1) is 10.6. The summed E-state index contributed by atoms with van der Waals surface area (Å²) in [5, 5.41) is 0. The summed E-state index contributed by atoms with van der Waals surface area (Å²) in [5.41, 5.74) is 6.04. The third-order valence-electron chi connectivity index (χ3n) is 2.88. The smallest absolute Gasteiger partial charge is 0.143 e. The van der Waals surface area contributed by atoms with Crippen LogP contribution in [0.1, 0.15) is 5.56 Å². The third kappa shape index (κ3) is 1.88. The molecule has 1 heterocycles. The Morgan fingerprint density at radius 2 is 1.89 bits per heavy atom. The minimum atomic E-state index is 0.805. The van der Waals surface area contributed by atoms with Gasteiger partial charge in [-0.15, -0.1) is 5.73 Å². The molecule has 1 aliphatic carbocycles. The van der Waals surface area contributed by atoms with Crippen LogP contribution in [-0.2, 0) is 4.74 Å². The van der Waals surface area contributed by atoms with Gasteiger partial charge in [0.05, 0.1) is 0 Å². The van der Waals surface area contributed by atoms with Gasteiger partial charge in [0.25, 0.3) is 0 Å². The molecule has 0 spiro atoms. The van der Waals surface area contributed by atoms with Crippen LogP contribution in [0.25, 0.3) is 5.76 Å². The van der Waals surface area contributed by atoms with E-state index in [-0.39, 0.29) is 0 Å². The van der Waals surface area contributed by atoms with Crippen molar-refractivity contribution in [2.24, 2.45) is 0 Å². The van der Waals surface area contributed by atoms with Crippen LogP contribution < -0.4 is 0 Å². The van der Waals surface area contributed by atoms with Crippen molar-refractivity contribution in [2.45, 2.75) is 0 Å². The summed E-state index contributed by atoms with van der Waals surface area (Å²) in [5.74, 6) is 1.64. The molecule has 1 aromatic carbocycles. The Hall–Kier alpha value is -2.50. The van der Waals surface area contributed by atoms with Gasteiger partial charge in [-0.2, -0.15) is 0 Å². The molecular weight excluding hydrogens is 220 g/mol. The van der Waals surface area contributed by atoms with Gasteiger partial charge in [-0.1, -0.05) is 49.1 Å². The van der Waals surface area contributed by atoms with E-state index in [4.69, 9.17) is 4.74 Å². The van der Waals surface area contributed by atoms with Gasteiger partial charge in [0.1, 0.15) is 11.5 Å². The van der Waals surface area contributed by atoms with Gasteiger partial charge in [0, 0.05) is 17.2 Å². The first-order valence-corrected chi connectivity index (χ1v) is 5.82. The van der Waals surface area contributed by atoms with E-state index < -0.39 is 0 Å². The van der Waals surface area contributed by atoms with E-state index in [2.05, 4.69) is 12.3 Å². The summed E-state index contributed by atoms with van der Waals surface area (Å²) < 4.78 is 5.95. The average Bonchev–Trinajstić information content (AvgIpc) is 2.84. The third-order valence-corrected chi connectivity index (χ3v) is 2.88. The lowest BCUT2D eigenvalue weighted by atomic mass is 10.1. The van der Waals surface area contributed by atoms with Crippen LogP contribution in [0, 0.1) is 0 Å². The van der Waals surface area contributed by atoms with Crippen molar-refractivity contribution in [3.8, 4) is 0 Å². The Balaban J connectivity index is 2.04. The SMILES string of the molecule is C=C1/C=C\C=C(\c2ccccc2)OC2=C1C=C=C2. The Kier molecular flexibility index (Phi) is 2.60. The lowest BCUT2D eigenvalue weighted by Crippen LogP contribution is -1.96. The number of benzene rings is 1. The molecule has 0 unspecified atom stereocenters. The second kappa shape index (κ2) is 4.40. The fourth-order valence-corrected chi connectivity index (χ4v) is 1.94. The molecule has 2 aliphatic rings. The van der Waals surface area contributed by atoms with E-state index in [1.54, 1.807) is 0 Å². The number of hydrogen-bond acceptors (Lipinski definition) is 1. The second-order valence-corrected chi connectivity index (χ2v) is 4.12. The Morgan fingerprint density at radius 3 is 2.72 bits per heavy atom. The maximum atomic E-state index is 5.95. The molecule has 1 aromatic rings. The summed E-state index contributed by atoms with van der Waals surface area (Å²) in [7, 11) is 0. The molecule has 0 aromatic heterocycles. The molecule has 3 rings (SSSR count). The van der Waals surface area contributed by atoms with E-state index in [9.17, 15) is 0 Å². The fraction of sp³-hybridized carbons (Fsp3) is 0. The molecule has 1 nitrogen and oxygen atoms in total. The summed E-state index contributed by atoms with van der Waals surface area (Å²) >= 11 is 0. The Morgan fingerprint density at radius 1 is 1.06 bits per heavy atom. The summed E-state index contributed by atoms with van der Waals surface area (Å²) in [6.45, 7) is 4.01. The highest BCUT2D eigenvalue weighted by Crippen LogP contribution is 2.29. The molecule has 0 N–H and O–H groups in total. The minimum Gasteiger partial charge on any atom is -0.455 e. The molecule has 18 heavy (non-hydrogen) atoms. The van der Waals surface area contributed by atoms with Crippen LogP contribution in [0.4, 0.5) is 0 Å². The predicted molar refractivity (Wildman–Crippen MR) is 73.5 cm³/mol. The van der Waals surface area contributed by atoms with Gasteiger partial charge in [-0.25, -0.2) is 0 Å². The standard InChI is InChI=1S/C17H12O/c1-13-7-5-11-16(14-8-3-2-4-9-14)18-17-12-6-10-15(13)17/h2-5,7-12H,1H2/b7-5-,16-11-. The lowest BCUT2D eigenvalue weighted by molar-refractivity contribution is 0.398. The zero-order valence-corrected chi connectivity index (χ0v) is 9.89. The normalized spacial score (nSPS) is 21.8. The van der Waals surface area contributed by atoms with Crippen molar-refractivity contribution in [2.75, 3.05) is 0 Å². The van der Waals surface area contributed by atoms with E-state index >= 15 is 0 Å². The average molecular weight is 232 g/mol. The zero-order chi connectivity index (χ0) is 12.4. The zero-order valence-electron chi connectivity index (χ0n) is 9.89. The number of allylic oxidation sites excluding steroid dienone is 6. The van der Waals surface area contributed by atoms with Gasteiger partial charge in [-0.3, -0.25) is 0 Å². The molecule has 0 bridgehead atoms. The van der Waals surface area contributed by atoms with Gasteiger partial charge >= 0.3 is 0 Å². The summed E-state index contributed by atoms with van der Waals surface area (Å²) in [6.07, 6.45) is 9.64.